The van der Waals surface area contributed by atoms with Crippen LogP contribution in [0.5, 0.6) is 0 Å². The van der Waals surface area contributed by atoms with Gasteiger partial charge in [0.2, 0.25) is 0 Å². The molecule has 0 rings (SSSR count). The molecule has 0 aromatic carbocycles. The highest BCUT2D eigenvalue weighted by molar-refractivity contribution is 7.80. The van der Waals surface area contributed by atoms with E-state index in [0.717, 1.165) is 25.1 Å². The standard InChI is InChI=1S/C13H26F3NS/c1-17(11-9-13(14,15)16)10-7-5-3-2-4-6-8-12-18/h18H,2-12H2,1H3. The van der Waals surface area contributed by atoms with E-state index in [9.17, 15) is 13.2 Å². The van der Waals surface area contributed by atoms with Crippen molar-refractivity contribution in [2.24, 2.45) is 0 Å². The Bertz CT molecular complexity index is 186. The summed E-state index contributed by atoms with van der Waals surface area (Å²) in [5.74, 6) is 0.962. The average molecular weight is 285 g/mol. The Morgan fingerprint density at radius 3 is 1.83 bits per heavy atom. The lowest BCUT2D eigenvalue weighted by atomic mass is 10.1. The fourth-order valence-corrected chi connectivity index (χ4v) is 2.03. The van der Waals surface area contributed by atoms with Gasteiger partial charge in [-0.15, -0.1) is 0 Å². The van der Waals surface area contributed by atoms with Gasteiger partial charge in [0.15, 0.2) is 0 Å². The summed E-state index contributed by atoms with van der Waals surface area (Å²) in [5.41, 5.74) is 0. The molecule has 0 fully saturated rings. The molecule has 0 N–H and O–H groups in total. The van der Waals surface area contributed by atoms with Gasteiger partial charge in [0.05, 0.1) is 6.42 Å². The lowest BCUT2D eigenvalue weighted by Gasteiger charge is -2.17. The van der Waals surface area contributed by atoms with Crippen LogP contribution in [0.15, 0.2) is 0 Å². The van der Waals surface area contributed by atoms with Crippen LogP contribution < -0.4 is 0 Å². The van der Waals surface area contributed by atoms with E-state index >= 15 is 0 Å². The Labute approximate surface area is 115 Å². The molecule has 18 heavy (non-hydrogen) atoms. The van der Waals surface area contributed by atoms with Crippen LogP contribution in [0.3, 0.4) is 0 Å². The van der Waals surface area contributed by atoms with Crippen LogP contribution >= 0.6 is 12.6 Å². The first-order chi connectivity index (χ1) is 8.45. The minimum Gasteiger partial charge on any atom is -0.306 e. The molecular formula is C13H26F3NS. The van der Waals surface area contributed by atoms with Gasteiger partial charge in [-0.1, -0.05) is 32.1 Å². The van der Waals surface area contributed by atoms with E-state index in [2.05, 4.69) is 12.6 Å². The van der Waals surface area contributed by atoms with Gasteiger partial charge in [-0.25, -0.2) is 0 Å². The monoisotopic (exact) mass is 285 g/mol. The number of hydrogen-bond acceptors (Lipinski definition) is 2. The molecular weight excluding hydrogens is 259 g/mol. The van der Waals surface area contributed by atoms with Crippen molar-refractivity contribution < 1.29 is 13.2 Å². The van der Waals surface area contributed by atoms with Gasteiger partial charge in [0.25, 0.3) is 0 Å². The summed E-state index contributed by atoms with van der Waals surface area (Å²) < 4.78 is 35.9. The Morgan fingerprint density at radius 1 is 0.833 bits per heavy atom. The minimum atomic E-state index is -4.03. The Hall–Kier alpha value is 0.100. The Kier molecular flexibility index (Phi) is 11.0. The van der Waals surface area contributed by atoms with Gasteiger partial charge in [-0.3, -0.25) is 0 Å². The summed E-state index contributed by atoms with van der Waals surface area (Å²) in [5, 5.41) is 0. The Balaban J connectivity index is 3.23. The van der Waals surface area contributed by atoms with E-state index in [1.165, 1.54) is 32.1 Å². The summed E-state index contributed by atoms with van der Waals surface area (Å²) in [6, 6.07) is 0. The predicted octanol–water partition coefficient (Wildman–Crippen LogP) is 4.53. The molecule has 5 heteroatoms. The van der Waals surface area contributed by atoms with Gasteiger partial charge in [-0.05, 0) is 32.2 Å². The highest BCUT2D eigenvalue weighted by Gasteiger charge is 2.26. The summed E-state index contributed by atoms with van der Waals surface area (Å²) in [7, 11) is 1.76. The topological polar surface area (TPSA) is 3.24 Å². The summed E-state index contributed by atoms with van der Waals surface area (Å²) in [6.45, 7) is 0.887. The zero-order valence-corrected chi connectivity index (χ0v) is 12.2. The first kappa shape index (κ1) is 18.1. The number of unbranched alkanes of at least 4 members (excludes halogenated alkanes) is 6. The molecule has 0 aliphatic carbocycles. The van der Waals surface area contributed by atoms with E-state index in [4.69, 9.17) is 0 Å². The van der Waals surface area contributed by atoms with E-state index in [0.29, 0.717) is 0 Å². The van der Waals surface area contributed by atoms with E-state index in [1.807, 2.05) is 0 Å². The van der Waals surface area contributed by atoms with Crippen LogP contribution in [0, 0.1) is 0 Å². The van der Waals surface area contributed by atoms with Crippen LogP contribution in [0.25, 0.3) is 0 Å². The number of rotatable bonds is 11. The molecule has 110 valence electrons. The maximum atomic E-state index is 12.0. The van der Waals surface area contributed by atoms with Crippen LogP contribution in [-0.4, -0.2) is 37.0 Å². The molecule has 0 radical (unpaired) electrons. The maximum absolute atomic E-state index is 12.0. The molecule has 0 aliphatic heterocycles. The normalized spacial score (nSPS) is 12.3. The minimum absolute atomic E-state index is 0.117. The molecule has 0 saturated heterocycles. The Morgan fingerprint density at radius 2 is 1.33 bits per heavy atom. The number of hydrogen-bond donors (Lipinski definition) is 1. The molecule has 0 amide bonds. The van der Waals surface area contributed by atoms with Crippen molar-refractivity contribution in [1.29, 1.82) is 0 Å². The third-order valence-corrected chi connectivity index (χ3v) is 3.29. The largest absolute Gasteiger partial charge is 0.390 e. The number of nitrogens with zero attached hydrogens (tertiary/aromatic N) is 1. The van der Waals surface area contributed by atoms with Crippen LogP contribution in [0.1, 0.15) is 51.4 Å². The first-order valence-electron chi connectivity index (χ1n) is 6.82. The summed E-state index contributed by atoms with van der Waals surface area (Å²) in [4.78, 5) is 1.77. The van der Waals surface area contributed by atoms with Crippen molar-refractivity contribution >= 4 is 12.6 Å². The first-order valence-corrected chi connectivity index (χ1v) is 7.45. The fraction of sp³-hybridized carbons (Fsp3) is 1.00. The number of alkyl halides is 3. The number of thiol groups is 1. The second-order valence-electron chi connectivity index (χ2n) is 4.87. The van der Waals surface area contributed by atoms with E-state index in [1.54, 1.807) is 11.9 Å². The zero-order valence-electron chi connectivity index (χ0n) is 11.3. The van der Waals surface area contributed by atoms with Crippen molar-refractivity contribution in [2.75, 3.05) is 25.9 Å². The van der Waals surface area contributed by atoms with Crippen LogP contribution in [0.2, 0.25) is 0 Å². The van der Waals surface area contributed by atoms with Crippen molar-refractivity contribution in [3.8, 4) is 0 Å². The quantitative estimate of drug-likeness (QED) is 0.431. The molecule has 0 atom stereocenters. The molecule has 0 bridgehead atoms. The second kappa shape index (κ2) is 11.0. The van der Waals surface area contributed by atoms with Gasteiger partial charge >= 0.3 is 6.18 Å². The fourth-order valence-electron chi connectivity index (χ4n) is 1.81. The zero-order chi connectivity index (χ0) is 13.9. The van der Waals surface area contributed by atoms with Crippen molar-refractivity contribution in [3.63, 3.8) is 0 Å². The smallest absolute Gasteiger partial charge is 0.306 e. The van der Waals surface area contributed by atoms with E-state index < -0.39 is 12.6 Å². The maximum Gasteiger partial charge on any atom is 0.390 e. The third kappa shape index (κ3) is 14.2. The third-order valence-electron chi connectivity index (χ3n) is 2.97. The van der Waals surface area contributed by atoms with Gasteiger partial charge < -0.3 is 4.90 Å². The van der Waals surface area contributed by atoms with Gasteiger partial charge in [-0.2, -0.15) is 25.8 Å². The summed E-state index contributed by atoms with van der Waals surface area (Å²) >= 11 is 4.16. The molecule has 0 aromatic rings. The molecule has 1 nitrogen and oxygen atoms in total. The van der Waals surface area contributed by atoms with Crippen LogP contribution in [-0.2, 0) is 0 Å². The molecule has 0 heterocycles. The molecule has 0 aromatic heterocycles. The molecule has 0 unspecified atom stereocenters. The SMILES string of the molecule is CN(CCCCCCCCCS)CCC(F)(F)F. The molecule has 0 aliphatic rings. The molecule has 0 saturated carbocycles. The van der Waals surface area contributed by atoms with Gasteiger partial charge in [0, 0.05) is 6.54 Å². The highest BCUT2D eigenvalue weighted by Crippen LogP contribution is 2.19. The average Bonchev–Trinajstić information content (AvgIpc) is 2.29. The lowest BCUT2D eigenvalue weighted by molar-refractivity contribution is -0.137. The van der Waals surface area contributed by atoms with Gasteiger partial charge in [0.1, 0.15) is 0 Å². The molecule has 0 spiro atoms. The highest BCUT2D eigenvalue weighted by atomic mass is 32.1. The number of halogens is 3. The predicted molar refractivity (Wildman–Crippen MR) is 74.3 cm³/mol. The van der Waals surface area contributed by atoms with Crippen molar-refractivity contribution in [1.82, 2.24) is 4.90 Å². The van der Waals surface area contributed by atoms with E-state index in [-0.39, 0.29) is 6.54 Å². The van der Waals surface area contributed by atoms with Crippen molar-refractivity contribution in [2.45, 2.75) is 57.5 Å². The van der Waals surface area contributed by atoms with Crippen LogP contribution in [0.4, 0.5) is 13.2 Å². The lowest BCUT2D eigenvalue weighted by Crippen LogP contribution is -2.25. The second-order valence-corrected chi connectivity index (χ2v) is 5.31. The summed E-state index contributed by atoms with van der Waals surface area (Å²) in [6.07, 6.45) is 3.51. The van der Waals surface area contributed by atoms with Crippen molar-refractivity contribution in [3.05, 3.63) is 0 Å².